The van der Waals surface area contributed by atoms with Crippen molar-refractivity contribution >= 4 is 10.9 Å². The van der Waals surface area contributed by atoms with Gasteiger partial charge in [0.15, 0.2) is 0 Å². The standard InChI is InChI=1S/C12H15N3/c13-4-5-15-12-7-10-3-1-2-9(10)6-11(12)8-14-15/h6-8H,1-5,13H2. The van der Waals surface area contributed by atoms with Gasteiger partial charge < -0.3 is 5.73 Å². The van der Waals surface area contributed by atoms with E-state index in [-0.39, 0.29) is 0 Å². The number of hydrogen-bond donors (Lipinski definition) is 1. The van der Waals surface area contributed by atoms with Crippen LogP contribution in [0, 0.1) is 0 Å². The van der Waals surface area contributed by atoms with Crippen LogP contribution in [0.4, 0.5) is 0 Å². The molecule has 3 heteroatoms. The van der Waals surface area contributed by atoms with Gasteiger partial charge in [-0.05, 0) is 42.5 Å². The first-order valence-electron chi connectivity index (χ1n) is 5.56. The molecule has 0 amide bonds. The Balaban J connectivity index is 2.18. The van der Waals surface area contributed by atoms with Gasteiger partial charge in [-0.25, -0.2) is 0 Å². The summed E-state index contributed by atoms with van der Waals surface area (Å²) in [6.07, 6.45) is 5.70. The molecule has 0 radical (unpaired) electrons. The summed E-state index contributed by atoms with van der Waals surface area (Å²) in [6.45, 7) is 1.45. The number of nitrogens with two attached hydrogens (primary N) is 1. The van der Waals surface area contributed by atoms with Crippen molar-refractivity contribution in [2.24, 2.45) is 5.73 Å². The summed E-state index contributed by atoms with van der Waals surface area (Å²) in [6, 6.07) is 4.58. The minimum Gasteiger partial charge on any atom is -0.329 e. The van der Waals surface area contributed by atoms with Crippen LogP contribution in [0.15, 0.2) is 18.3 Å². The van der Waals surface area contributed by atoms with Gasteiger partial charge >= 0.3 is 0 Å². The molecule has 0 atom stereocenters. The van der Waals surface area contributed by atoms with E-state index in [0.29, 0.717) is 6.54 Å². The van der Waals surface area contributed by atoms with Crippen molar-refractivity contribution in [3.8, 4) is 0 Å². The molecule has 1 aromatic carbocycles. The third-order valence-electron chi connectivity index (χ3n) is 3.20. The molecular weight excluding hydrogens is 186 g/mol. The lowest BCUT2D eigenvalue weighted by molar-refractivity contribution is 0.646. The number of aromatic nitrogens is 2. The lowest BCUT2D eigenvalue weighted by Crippen LogP contribution is -2.10. The highest BCUT2D eigenvalue weighted by Gasteiger charge is 2.13. The van der Waals surface area contributed by atoms with E-state index in [0.717, 1.165) is 6.54 Å². The highest BCUT2D eigenvalue weighted by Crippen LogP contribution is 2.27. The number of fused-ring (bicyclic) bond motifs is 2. The van der Waals surface area contributed by atoms with Crippen molar-refractivity contribution in [1.29, 1.82) is 0 Å². The first-order chi connectivity index (χ1) is 7.38. The fourth-order valence-corrected chi connectivity index (χ4v) is 2.45. The van der Waals surface area contributed by atoms with Gasteiger partial charge in [-0.3, -0.25) is 4.68 Å². The van der Waals surface area contributed by atoms with Gasteiger partial charge in [-0.2, -0.15) is 5.10 Å². The number of hydrogen-bond acceptors (Lipinski definition) is 2. The van der Waals surface area contributed by atoms with Gasteiger partial charge in [0.2, 0.25) is 0 Å². The van der Waals surface area contributed by atoms with Crippen LogP contribution in [0.5, 0.6) is 0 Å². The van der Waals surface area contributed by atoms with Gasteiger partial charge in [-0.15, -0.1) is 0 Å². The molecular formula is C12H15N3. The monoisotopic (exact) mass is 201 g/mol. The Bertz CT molecular complexity index is 499. The van der Waals surface area contributed by atoms with Crippen molar-refractivity contribution in [3.05, 3.63) is 29.5 Å². The van der Waals surface area contributed by atoms with E-state index in [1.165, 1.54) is 41.3 Å². The Hall–Kier alpha value is -1.35. The lowest BCUT2D eigenvalue weighted by atomic mass is 10.1. The maximum atomic E-state index is 5.56. The zero-order valence-corrected chi connectivity index (χ0v) is 8.74. The smallest absolute Gasteiger partial charge is 0.0685 e. The molecule has 0 bridgehead atoms. The summed E-state index contributed by atoms with van der Waals surface area (Å²) in [7, 11) is 0. The predicted molar refractivity (Wildman–Crippen MR) is 60.8 cm³/mol. The van der Waals surface area contributed by atoms with Crippen molar-refractivity contribution in [2.75, 3.05) is 6.54 Å². The van der Waals surface area contributed by atoms with E-state index in [1.807, 2.05) is 10.9 Å². The SMILES string of the molecule is NCCn1ncc2cc3c(cc21)CCC3. The molecule has 1 aliphatic carbocycles. The molecule has 3 rings (SSSR count). The largest absolute Gasteiger partial charge is 0.329 e. The fraction of sp³-hybridized carbons (Fsp3) is 0.417. The Kier molecular flexibility index (Phi) is 1.99. The van der Waals surface area contributed by atoms with Crippen LogP contribution in [0.25, 0.3) is 10.9 Å². The van der Waals surface area contributed by atoms with Gasteiger partial charge in [-0.1, -0.05) is 0 Å². The van der Waals surface area contributed by atoms with Crippen molar-refractivity contribution in [3.63, 3.8) is 0 Å². The predicted octanol–water partition coefficient (Wildman–Crippen LogP) is 1.48. The van der Waals surface area contributed by atoms with Crippen LogP contribution in [-0.4, -0.2) is 16.3 Å². The van der Waals surface area contributed by atoms with E-state index in [4.69, 9.17) is 5.73 Å². The number of benzene rings is 1. The third-order valence-corrected chi connectivity index (χ3v) is 3.20. The highest BCUT2D eigenvalue weighted by molar-refractivity contribution is 5.80. The topological polar surface area (TPSA) is 43.8 Å². The Morgan fingerprint density at radius 1 is 1.27 bits per heavy atom. The average molecular weight is 201 g/mol. The molecule has 2 N–H and O–H groups in total. The maximum Gasteiger partial charge on any atom is 0.0685 e. The lowest BCUT2D eigenvalue weighted by Gasteiger charge is -2.03. The molecule has 0 spiro atoms. The van der Waals surface area contributed by atoms with Crippen molar-refractivity contribution < 1.29 is 0 Å². The van der Waals surface area contributed by atoms with Gasteiger partial charge in [0.25, 0.3) is 0 Å². The van der Waals surface area contributed by atoms with E-state index in [2.05, 4.69) is 17.2 Å². The summed E-state index contributed by atoms with van der Waals surface area (Å²) in [5.41, 5.74) is 9.81. The minimum absolute atomic E-state index is 0.647. The molecule has 15 heavy (non-hydrogen) atoms. The van der Waals surface area contributed by atoms with Gasteiger partial charge in [0.05, 0.1) is 18.3 Å². The number of nitrogens with zero attached hydrogens (tertiary/aromatic N) is 2. The molecule has 1 aliphatic rings. The Morgan fingerprint density at radius 2 is 2.07 bits per heavy atom. The van der Waals surface area contributed by atoms with Crippen LogP contribution in [0.2, 0.25) is 0 Å². The molecule has 0 saturated heterocycles. The Labute approximate surface area is 88.9 Å². The van der Waals surface area contributed by atoms with Crippen LogP contribution < -0.4 is 5.73 Å². The Morgan fingerprint density at radius 3 is 2.87 bits per heavy atom. The summed E-state index contributed by atoms with van der Waals surface area (Å²) in [5, 5.41) is 5.62. The third kappa shape index (κ3) is 1.35. The fourth-order valence-electron chi connectivity index (χ4n) is 2.45. The molecule has 1 heterocycles. The second kappa shape index (κ2) is 3.35. The summed E-state index contributed by atoms with van der Waals surface area (Å²) in [5.74, 6) is 0. The van der Waals surface area contributed by atoms with Crippen LogP contribution in [-0.2, 0) is 19.4 Å². The quantitative estimate of drug-likeness (QED) is 0.800. The normalized spacial score (nSPS) is 14.7. The van der Waals surface area contributed by atoms with Gasteiger partial charge in [0, 0.05) is 11.9 Å². The summed E-state index contributed by atoms with van der Waals surface area (Å²) >= 11 is 0. The molecule has 0 fully saturated rings. The first-order valence-corrected chi connectivity index (χ1v) is 5.56. The minimum atomic E-state index is 0.647. The second-order valence-electron chi connectivity index (χ2n) is 4.19. The van der Waals surface area contributed by atoms with Crippen LogP contribution >= 0.6 is 0 Å². The highest BCUT2D eigenvalue weighted by atomic mass is 15.3. The molecule has 3 nitrogen and oxygen atoms in total. The van der Waals surface area contributed by atoms with E-state index < -0.39 is 0 Å². The molecule has 0 saturated carbocycles. The van der Waals surface area contributed by atoms with Crippen molar-refractivity contribution in [2.45, 2.75) is 25.8 Å². The van der Waals surface area contributed by atoms with E-state index in [9.17, 15) is 0 Å². The number of rotatable bonds is 2. The zero-order chi connectivity index (χ0) is 10.3. The summed E-state index contributed by atoms with van der Waals surface area (Å²) < 4.78 is 2.01. The average Bonchev–Trinajstić information content (AvgIpc) is 2.82. The second-order valence-corrected chi connectivity index (χ2v) is 4.19. The number of aryl methyl sites for hydroxylation is 2. The molecule has 0 aliphatic heterocycles. The van der Waals surface area contributed by atoms with E-state index in [1.54, 1.807) is 0 Å². The molecule has 78 valence electrons. The molecule has 2 aromatic rings. The van der Waals surface area contributed by atoms with Crippen molar-refractivity contribution in [1.82, 2.24) is 9.78 Å². The van der Waals surface area contributed by atoms with Crippen LogP contribution in [0.1, 0.15) is 17.5 Å². The zero-order valence-electron chi connectivity index (χ0n) is 8.74. The molecule has 1 aromatic heterocycles. The maximum absolute atomic E-state index is 5.56. The first kappa shape index (κ1) is 8.92. The molecule has 0 unspecified atom stereocenters. The van der Waals surface area contributed by atoms with E-state index >= 15 is 0 Å². The van der Waals surface area contributed by atoms with Crippen LogP contribution in [0.3, 0.4) is 0 Å². The summed E-state index contributed by atoms with van der Waals surface area (Å²) in [4.78, 5) is 0. The van der Waals surface area contributed by atoms with Gasteiger partial charge in [0.1, 0.15) is 0 Å².